The average molecular weight is 528 g/mol. The molecule has 36 heavy (non-hydrogen) atoms. The predicted molar refractivity (Wildman–Crippen MR) is 129 cm³/mol. The number of nitrogens with zero attached hydrogens (tertiary/aromatic N) is 2. The van der Waals surface area contributed by atoms with E-state index in [1.807, 2.05) is 20.8 Å². The molecular weight excluding hydrogens is 495 g/mol. The summed E-state index contributed by atoms with van der Waals surface area (Å²) in [5, 5.41) is 4.21. The van der Waals surface area contributed by atoms with Crippen molar-refractivity contribution in [2.75, 3.05) is 6.61 Å². The van der Waals surface area contributed by atoms with Gasteiger partial charge in [-0.25, -0.2) is 13.1 Å². The summed E-state index contributed by atoms with van der Waals surface area (Å²) < 4.78 is 76.6. The lowest BCUT2D eigenvalue weighted by Crippen LogP contribution is -2.31. The Morgan fingerprint density at radius 1 is 1.25 bits per heavy atom. The van der Waals surface area contributed by atoms with Crippen LogP contribution in [-0.4, -0.2) is 30.8 Å². The van der Waals surface area contributed by atoms with Gasteiger partial charge < -0.3 is 4.74 Å². The van der Waals surface area contributed by atoms with Gasteiger partial charge in [-0.2, -0.15) is 18.3 Å². The minimum Gasteiger partial charge on any atom is -0.465 e. The molecule has 11 heteroatoms. The van der Waals surface area contributed by atoms with Gasteiger partial charge in [0.05, 0.1) is 29.3 Å². The number of rotatable bonds is 8. The highest BCUT2D eigenvalue weighted by Crippen LogP contribution is 2.37. The van der Waals surface area contributed by atoms with E-state index in [1.165, 1.54) is 16.9 Å². The van der Waals surface area contributed by atoms with E-state index >= 15 is 0 Å². The summed E-state index contributed by atoms with van der Waals surface area (Å²) in [4.78, 5) is 11.4. The highest BCUT2D eigenvalue weighted by molar-refractivity contribution is 7.89. The lowest BCUT2D eigenvalue weighted by Gasteiger charge is -2.25. The summed E-state index contributed by atoms with van der Waals surface area (Å²) in [5.41, 5.74) is 0.549. The van der Waals surface area contributed by atoms with Gasteiger partial charge in [-0.15, -0.1) is 0 Å². The van der Waals surface area contributed by atoms with E-state index in [9.17, 15) is 26.4 Å². The summed E-state index contributed by atoms with van der Waals surface area (Å²) in [5.74, 6) is -0.460. The molecule has 0 saturated carbocycles. The van der Waals surface area contributed by atoms with E-state index in [1.54, 1.807) is 6.92 Å². The van der Waals surface area contributed by atoms with E-state index in [0.717, 1.165) is 6.07 Å². The van der Waals surface area contributed by atoms with Crippen molar-refractivity contribution in [2.24, 2.45) is 5.41 Å². The van der Waals surface area contributed by atoms with Gasteiger partial charge in [-0.1, -0.05) is 27.4 Å². The van der Waals surface area contributed by atoms with Crippen molar-refractivity contribution in [2.45, 2.75) is 77.0 Å². The number of aromatic nitrogens is 2. The van der Waals surface area contributed by atoms with E-state index in [2.05, 4.69) is 16.4 Å². The molecule has 2 aromatic rings. The van der Waals surface area contributed by atoms with Crippen LogP contribution in [0.25, 0.3) is 5.57 Å². The zero-order valence-corrected chi connectivity index (χ0v) is 21.7. The molecule has 1 aliphatic carbocycles. The summed E-state index contributed by atoms with van der Waals surface area (Å²) in [6, 6.07) is 2.13. The Morgan fingerprint density at radius 2 is 1.94 bits per heavy atom. The number of fused-ring (bicyclic) bond motifs is 1. The number of sulfonamides is 1. The van der Waals surface area contributed by atoms with E-state index < -0.39 is 38.7 Å². The molecule has 0 spiro atoms. The number of halogens is 3. The van der Waals surface area contributed by atoms with Crippen LogP contribution in [0.4, 0.5) is 13.2 Å². The predicted octanol–water partition coefficient (Wildman–Crippen LogP) is 5.27. The van der Waals surface area contributed by atoms with E-state index in [-0.39, 0.29) is 24.1 Å². The van der Waals surface area contributed by atoms with Crippen LogP contribution < -0.4 is 4.72 Å². The zero-order chi connectivity index (χ0) is 26.9. The molecule has 1 aromatic heterocycles. The van der Waals surface area contributed by atoms with Crippen molar-refractivity contribution in [1.29, 1.82) is 0 Å². The van der Waals surface area contributed by atoms with Crippen LogP contribution in [0.2, 0.25) is 0 Å². The highest BCUT2D eigenvalue weighted by Gasteiger charge is 2.34. The molecule has 0 aliphatic heterocycles. The van der Waals surface area contributed by atoms with Gasteiger partial charge in [0.1, 0.15) is 6.54 Å². The maximum absolute atomic E-state index is 13.7. The van der Waals surface area contributed by atoms with Gasteiger partial charge in [-0.3, -0.25) is 9.48 Å². The normalized spacial score (nSPS) is 16.5. The molecule has 0 fully saturated rings. The van der Waals surface area contributed by atoms with E-state index in [0.29, 0.717) is 48.6 Å². The van der Waals surface area contributed by atoms with Crippen molar-refractivity contribution in [3.63, 3.8) is 0 Å². The van der Waals surface area contributed by atoms with Crippen LogP contribution in [0.5, 0.6) is 0 Å². The fraction of sp³-hybridized carbons (Fsp3) is 0.520. The topological polar surface area (TPSA) is 90.3 Å². The van der Waals surface area contributed by atoms with Crippen LogP contribution in [0.15, 0.2) is 35.9 Å². The Bertz CT molecular complexity index is 1240. The lowest BCUT2D eigenvalue weighted by atomic mass is 9.85. The number of allylic oxidation sites excluding steroid dienone is 1. The van der Waals surface area contributed by atoms with Crippen molar-refractivity contribution in [1.82, 2.24) is 14.5 Å². The maximum Gasteiger partial charge on any atom is 0.416 e. The van der Waals surface area contributed by atoms with E-state index in [4.69, 9.17) is 4.74 Å². The SMILES string of the molecule is C=C(CC(C)(C)C)c1cc(C(F)(F)F)cc(S(=O)(=O)NC2CCCc3c2cnn3CC(=O)OCC)c1. The molecule has 1 aliphatic rings. The van der Waals surface area contributed by atoms with Crippen LogP contribution in [-0.2, 0) is 38.7 Å². The molecule has 1 unspecified atom stereocenters. The molecule has 0 saturated heterocycles. The molecule has 198 valence electrons. The number of alkyl halides is 3. The maximum atomic E-state index is 13.7. The Kier molecular flexibility index (Phi) is 8.04. The molecule has 1 heterocycles. The minimum absolute atomic E-state index is 0.102. The molecule has 7 nitrogen and oxygen atoms in total. The third-order valence-electron chi connectivity index (χ3n) is 5.84. The fourth-order valence-electron chi connectivity index (χ4n) is 4.33. The first-order valence-corrected chi connectivity index (χ1v) is 13.2. The number of esters is 1. The number of benzene rings is 1. The van der Waals surface area contributed by atoms with Gasteiger partial charge in [-0.05, 0) is 67.4 Å². The second-order valence-electron chi connectivity index (χ2n) is 10.2. The van der Waals surface area contributed by atoms with Crippen LogP contribution in [0, 0.1) is 5.41 Å². The second kappa shape index (κ2) is 10.4. The Balaban J connectivity index is 1.94. The zero-order valence-electron chi connectivity index (χ0n) is 20.9. The van der Waals surface area contributed by atoms with Crippen molar-refractivity contribution in [3.8, 4) is 0 Å². The van der Waals surface area contributed by atoms with Gasteiger partial charge in [0.15, 0.2) is 0 Å². The number of ether oxygens (including phenoxy) is 1. The molecular formula is C25H32F3N3O4S. The van der Waals surface area contributed by atoms with Gasteiger partial charge in [0.2, 0.25) is 10.0 Å². The molecule has 1 aromatic carbocycles. The summed E-state index contributed by atoms with van der Waals surface area (Å²) in [7, 11) is -4.33. The molecule has 0 bridgehead atoms. The van der Waals surface area contributed by atoms with Crippen molar-refractivity contribution in [3.05, 3.63) is 53.4 Å². The monoisotopic (exact) mass is 527 g/mol. The standard InChI is InChI=1S/C25H32F3N3O4S/c1-6-35-23(32)15-31-22-9-7-8-21(20(22)14-29-31)30-36(33,34)19-11-17(16(2)13-24(3,4)5)10-18(12-19)25(26,27)28/h10-12,14,21,30H,2,6-9,13,15H2,1,3-5H3. The van der Waals surface area contributed by atoms with Gasteiger partial charge in [0.25, 0.3) is 0 Å². The largest absolute Gasteiger partial charge is 0.465 e. The lowest BCUT2D eigenvalue weighted by molar-refractivity contribution is -0.144. The van der Waals surface area contributed by atoms with Crippen LogP contribution in [0.1, 0.15) is 75.4 Å². The highest BCUT2D eigenvalue weighted by atomic mass is 32.2. The summed E-state index contributed by atoms with van der Waals surface area (Å²) in [6.45, 7) is 11.5. The Hall–Kier alpha value is -2.66. The molecule has 3 rings (SSSR count). The first-order valence-electron chi connectivity index (χ1n) is 11.7. The average Bonchev–Trinajstić information content (AvgIpc) is 3.15. The first kappa shape index (κ1) is 27.9. The Morgan fingerprint density at radius 3 is 2.56 bits per heavy atom. The molecule has 0 radical (unpaired) electrons. The Labute approximate surface area is 209 Å². The summed E-state index contributed by atoms with van der Waals surface area (Å²) >= 11 is 0. The molecule has 1 N–H and O–H groups in total. The van der Waals surface area contributed by atoms with Crippen molar-refractivity contribution < 1.29 is 31.1 Å². The van der Waals surface area contributed by atoms with Crippen molar-refractivity contribution >= 4 is 21.6 Å². The molecule has 1 atom stereocenters. The number of carbonyl (C=O) groups is 1. The van der Waals surface area contributed by atoms with Gasteiger partial charge >= 0.3 is 12.1 Å². The number of hydrogen-bond acceptors (Lipinski definition) is 5. The third-order valence-corrected chi connectivity index (χ3v) is 7.29. The molecule has 0 amide bonds. The number of nitrogens with one attached hydrogen (secondary N) is 1. The number of carbonyl (C=O) groups excluding carboxylic acids is 1. The first-order chi connectivity index (χ1) is 16.6. The minimum atomic E-state index is -4.73. The number of hydrogen-bond donors (Lipinski definition) is 1. The van der Waals surface area contributed by atoms with Crippen LogP contribution in [0.3, 0.4) is 0 Å². The van der Waals surface area contributed by atoms with Crippen LogP contribution >= 0.6 is 0 Å². The third kappa shape index (κ3) is 6.76. The smallest absolute Gasteiger partial charge is 0.416 e. The quantitative estimate of drug-likeness (QED) is 0.473. The second-order valence-corrected chi connectivity index (χ2v) is 11.9. The summed E-state index contributed by atoms with van der Waals surface area (Å²) in [6.07, 6.45) is -1.19. The van der Waals surface area contributed by atoms with Gasteiger partial charge in [0, 0.05) is 11.3 Å². The fourth-order valence-corrected chi connectivity index (χ4v) is 5.65.